The zero-order valence-corrected chi connectivity index (χ0v) is 11.8. The molecule has 100 valence electrons. The molecule has 1 unspecified atom stereocenters. The smallest absolute Gasteiger partial charge is 0.126 e. The summed E-state index contributed by atoms with van der Waals surface area (Å²) in [4.78, 5) is 2.30. The van der Waals surface area contributed by atoms with Gasteiger partial charge in [-0.2, -0.15) is 0 Å². The Morgan fingerprint density at radius 3 is 2.67 bits per heavy atom. The second kappa shape index (κ2) is 5.27. The van der Waals surface area contributed by atoms with Gasteiger partial charge in [0.15, 0.2) is 0 Å². The minimum atomic E-state index is -0.109. The molecule has 3 heteroatoms. The lowest BCUT2D eigenvalue weighted by atomic mass is 10.0. The maximum absolute atomic E-state index is 13.8. The Balaban J connectivity index is 2.37. The third-order valence-electron chi connectivity index (χ3n) is 3.76. The van der Waals surface area contributed by atoms with Crippen LogP contribution in [0.3, 0.4) is 0 Å². The number of anilines is 1. The van der Waals surface area contributed by atoms with E-state index in [0.29, 0.717) is 6.04 Å². The fourth-order valence-electron chi connectivity index (χ4n) is 2.41. The first-order chi connectivity index (χ1) is 8.54. The van der Waals surface area contributed by atoms with Gasteiger partial charge in [-0.15, -0.1) is 0 Å². The first kappa shape index (κ1) is 13.3. The molecule has 1 aliphatic rings. The van der Waals surface area contributed by atoms with Crippen molar-refractivity contribution in [1.29, 1.82) is 0 Å². The van der Waals surface area contributed by atoms with Crippen molar-refractivity contribution in [2.45, 2.75) is 45.7 Å². The molecule has 1 aliphatic carbocycles. The quantitative estimate of drug-likeness (QED) is 0.861. The number of nitrogens with one attached hydrogen (secondary N) is 1. The molecule has 0 heterocycles. The Labute approximate surface area is 109 Å². The van der Waals surface area contributed by atoms with Crippen LogP contribution in [-0.4, -0.2) is 19.6 Å². The fraction of sp³-hybridized carbons (Fsp3) is 0.600. The number of aryl methyl sites for hydroxylation is 1. The van der Waals surface area contributed by atoms with Crippen molar-refractivity contribution in [3.63, 3.8) is 0 Å². The summed E-state index contributed by atoms with van der Waals surface area (Å²) in [6.45, 7) is 6.90. The molecule has 0 spiro atoms. The van der Waals surface area contributed by atoms with Crippen molar-refractivity contribution >= 4 is 5.69 Å². The molecular formula is C15H23FN2. The SMILES string of the molecule is CCNC(C)c1cc(F)c(C)cc1N(C)C1CC1. The van der Waals surface area contributed by atoms with Crippen molar-refractivity contribution in [2.75, 3.05) is 18.5 Å². The molecule has 2 rings (SSSR count). The monoisotopic (exact) mass is 250 g/mol. The van der Waals surface area contributed by atoms with Crippen LogP contribution in [0.1, 0.15) is 43.9 Å². The van der Waals surface area contributed by atoms with Gasteiger partial charge in [0.2, 0.25) is 0 Å². The van der Waals surface area contributed by atoms with Gasteiger partial charge in [-0.1, -0.05) is 6.92 Å². The number of hydrogen-bond acceptors (Lipinski definition) is 2. The fourth-order valence-corrected chi connectivity index (χ4v) is 2.41. The second-order valence-corrected chi connectivity index (χ2v) is 5.28. The lowest BCUT2D eigenvalue weighted by Gasteiger charge is -2.26. The van der Waals surface area contributed by atoms with Crippen LogP contribution >= 0.6 is 0 Å². The van der Waals surface area contributed by atoms with Crippen LogP contribution in [-0.2, 0) is 0 Å². The van der Waals surface area contributed by atoms with Gasteiger partial charge in [-0.25, -0.2) is 4.39 Å². The summed E-state index contributed by atoms with van der Waals surface area (Å²) in [5.74, 6) is -0.109. The van der Waals surface area contributed by atoms with E-state index >= 15 is 0 Å². The predicted molar refractivity (Wildman–Crippen MR) is 74.7 cm³/mol. The topological polar surface area (TPSA) is 15.3 Å². The van der Waals surface area contributed by atoms with Crippen LogP contribution in [0.2, 0.25) is 0 Å². The number of hydrogen-bond donors (Lipinski definition) is 1. The summed E-state index contributed by atoms with van der Waals surface area (Å²) in [6.07, 6.45) is 2.50. The van der Waals surface area contributed by atoms with Gasteiger partial charge in [-0.3, -0.25) is 0 Å². The van der Waals surface area contributed by atoms with Gasteiger partial charge in [0, 0.05) is 24.8 Å². The van der Waals surface area contributed by atoms with Crippen molar-refractivity contribution < 1.29 is 4.39 Å². The average Bonchev–Trinajstić information content (AvgIpc) is 3.15. The van der Waals surface area contributed by atoms with Gasteiger partial charge < -0.3 is 10.2 Å². The maximum atomic E-state index is 13.8. The largest absolute Gasteiger partial charge is 0.371 e. The highest BCUT2D eigenvalue weighted by Gasteiger charge is 2.28. The third kappa shape index (κ3) is 2.66. The molecule has 1 saturated carbocycles. The lowest BCUT2D eigenvalue weighted by molar-refractivity contribution is 0.578. The summed E-state index contributed by atoms with van der Waals surface area (Å²) >= 11 is 0. The molecule has 0 aliphatic heterocycles. The van der Waals surface area contributed by atoms with Crippen molar-refractivity contribution in [2.24, 2.45) is 0 Å². The molecule has 0 bridgehead atoms. The van der Waals surface area contributed by atoms with Crippen LogP contribution < -0.4 is 10.2 Å². The van der Waals surface area contributed by atoms with E-state index in [4.69, 9.17) is 0 Å². The summed E-state index contributed by atoms with van der Waals surface area (Å²) in [5.41, 5.74) is 2.96. The van der Waals surface area contributed by atoms with Gasteiger partial charge in [0.1, 0.15) is 5.82 Å². The Kier molecular flexibility index (Phi) is 3.91. The van der Waals surface area contributed by atoms with E-state index in [2.05, 4.69) is 31.1 Å². The number of nitrogens with zero attached hydrogens (tertiary/aromatic N) is 1. The molecule has 1 atom stereocenters. The number of rotatable bonds is 5. The normalized spacial score (nSPS) is 16.7. The van der Waals surface area contributed by atoms with Gasteiger partial charge in [0.25, 0.3) is 0 Å². The average molecular weight is 250 g/mol. The van der Waals surface area contributed by atoms with E-state index in [1.807, 2.05) is 13.0 Å². The van der Waals surface area contributed by atoms with Crippen LogP contribution in [0.15, 0.2) is 12.1 Å². The van der Waals surface area contributed by atoms with Crippen LogP contribution in [0.4, 0.5) is 10.1 Å². The molecule has 0 saturated heterocycles. The number of benzene rings is 1. The minimum absolute atomic E-state index is 0.109. The molecular weight excluding hydrogens is 227 g/mol. The van der Waals surface area contributed by atoms with Crippen LogP contribution in [0.25, 0.3) is 0 Å². The molecule has 2 nitrogen and oxygen atoms in total. The standard InChI is InChI=1S/C15H23FN2/c1-5-17-11(3)13-9-14(16)10(2)8-15(13)18(4)12-6-7-12/h8-9,11-12,17H,5-7H2,1-4H3. The summed E-state index contributed by atoms with van der Waals surface area (Å²) in [7, 11) is 2.12. The molecule has 0 aromatic heterocycles. The van der Waals surface area contributed by atoms with E-state index in [1.165, 1.54) is 18.5 Å². The molecule has 0 radical (unpaired) electrons. The van der Waals surface area contributed by atoms with Crippen molar-refractivity contribution in [3.8, 4) is 0 Å². The Morgan fingerprint density at radius 2 is 2.11 bits per heavy atom. The lowest BCUT2D eigenvalue weighted by Crippen LogP contribution is -2.25. The zero-order chi connectivity index (χ0) is 13.3. The summed E-state index contributed by atoms with van der Waals surface area (Å²) < 4.78 is 13.8. The second-order valence-electron chi connectivity index (χ2n) is 5.28. The van der Waals surface area contributed by atoms with E-state index in [9.17, 15) is 4.39 Å². The van der Waals surface area contributed by atoms with E-state index in [0.717, 1.165) is 17.7 Å². The van der Waals surface area contributed by atoms with Crippen LogP contribution in [0.5, 0.6) is 0 Å². The van der Waals surface area contributed by atoms with E-state index in [1.54, 1.807) is 6.07 Å². The molecule has 1 aromatic carbocycles. The highest BCUT2D eigenvalue weighted by Crippen LogP contribution is 2.35. The first-order valence-electron chi connectivity index (χ1n) is 6.80. The van der Waals surface area contributed by atoms with Crippen LogP contribution in [0, 0.1) is 12.7 Å². The minimum Gasteiger partial charge on any atom is -0.371 e. The number of halogens is 1. The Hall–Kier alpha value is -1.09. The van der Waals surface area contributed by atoms with Gasteiger partial charge in [0.05, 0.1) is 0 Å². The van der Waals surface area contributed by atoms with E-state index in [-0.39, 0.29) is 11.9 Å². The molecule has 0 amide bonds. The van der Waals surface area contributed by atoms with Crippen molar-refractivity contribution in [1.82, 2.24) is 5.32 Å². The third-order valence-corrected chi connectivity index (χ3v) is 3.76. The molecule has 1 aromatic rings. The maximum Gasteiger partial charge on any atom is 0.126 e. The van der Waals surface area contributed by atoms with Gasteiger partial charge in [-0.05, 0) is 56.5 Å². The molecule has 1 fully saturated rings. The molecule has 18 heavy (non-hydrogen) atoms. The summed E-state index contributed by atoms with van der Waals surface area (Å²) in [5, 5.41) is 3.37. The Morgan fingerprint density at radius 1 is 1.44 bits per heavy atom. The predicted octanol–water partition coefficient (Wildman–Crippen LogP) is 3.40. The Bertz CT molecular complexity index is 427. The van der Waals surface area contributed by atoms with Crippen molar-refractivity contribution in [3.05, 3.63) is 29.1 Å². The molecule has 1 N–H and O–H groups in total. The highest BCUT2D eigenvalue weighted by molar-refractivity contribution is 5.58. The zero-order valence-electron chi connectivity index (χ0n) is 11.8. The summed E-state index contributed by atoms with van der Waals surface area (Å²) in [6, 6.07) is 4.50. The van der Waals surface area contributed by atoms with E-state index < -0.39 is 0 Å². The highest BCUT2D eigenvalue weighted by atomic mass is 19.1. The first-order valence-corrected chi connectivity index (χ1v) is 6.80. The van der Waals surface area contributed by atoms with Gasteiger partial charge >= 0.3 is 0 Å².